The van der Waals surface area contributed by atoms with Crippen molar-refractivity contribution in [2.75, 3.05) is 0 Å². The SMILES string of the molecule is c1ccc(-c2ccc3c(-c4ccccc4)c4c(-c5ccccc5)ccc(-c5ccccc5)c4c(-c4ccccc4)c3c2-c2ccccc2)cc1. The lowest BCUT2D eigenvalue weighted by Crippen LogP contribution is -1.98. The zero-order valence-electron chi connectivity index (χ0n) is 27.6. The molecule has 0 aliphatic rings. The maximum absolute atomic E-state index is 2.38. The standard InChI is InChI=1S/C50H34/c1-7-19-35(20-8-1)41-33-34-44-46(39-27-15-5-16-28-39)48-42(36-21-9-2-10-22-36)31-32-43(37-23-11-3-12-24-37)49(48)47(40-29-17-6-18-30-40)50(44)45(41)38-25-13-4-14-26-38/h1-34H. The van der Waals surface area contributed by atoms with Crippen LogP contribution in [0.15, 0.2) is 206 Å². The Kier molecular flexibility index (Phi) is 7.61. The first kappa shape index (κ1) is 29.6. The molecule has 0 radical (unpaired) electrons. The van der Waals surface area contributed by atoms with Crippen LogP contribution in [-0.2, 0) is 0 Å². The molecule has 0 aliphatic carbocycles. The molecule has 0 saturated carbocycles. The van der Waals surface area contributed by atoms with Crippen molar-refractivity contribution in [1.82, 2.24) is 0 Å². The first-order valence-corrected chi connectivity index (χ1v) is 17.3. The van der Waals surface area contributed by atoms with Crippen LogP contribution in [0.5, 0.6) is 0 Å². The van der Waals surface area contributed by atoms with Gasteiger partial charge < -0.3 is 0 Å². The van der Waals surface area contributed by atoms with Gasteiger partial charge in [0.05, 0.1) is 0 Å². The van der Waals surface area contributed by atoms with E-state index in [-0.39, 0.29) is 0 Å². The van der Waals surface area contributed by atoms with Gasteiger partial charge in [0.25, 0.3) is 0 Å². The minimum absolute atomic E-state index is 1.20. The topological polar surface area (TPSA) is 0 Å². The number of benzene rings is 9. The van der Waals surface area contributed by atoms with Crippen molar-refractivity contribution in [2.45, 2.75) is 0 Å². The molecule has 0 fully saturated rings. The Morgan fingerprint density at radius 2 is 0.480 bits per heavy atom. The van der Waals surface area contributed by atoms with E-state index in [0.717, 1.165) is 0 Å². The summed E-state index contributed by atoms with van der Waals surface area (Å²) in [6.07, 6.45) is 0. The number of fused-ring (bicyclic) bond motifs is 2. The van der Waals surface area contributed by atoms with Gasteiger partial charge in [0.1, 0.15) is 0 Å². The Hall–Kier alpha value is -6.50. The largest absolute Gasteiger partial charge is 0.0622 e. The Bertz CT molecular complexity index is 2570. The summed E-state index contributed by atoms with van der Waals surface area (Å²) >= 11 is 0. The fraction of sp³-hybridized carbons (Fsp3) is 0. The third-order valence-electron chi connectivity index (χ3n) is 9.87. The number of rotatable bonds is 6. The zero-order chi connectivity index (χ0) is 33.3. The molecule has 0 nitrogen and oxygen atoms in total. The normalized spacial score (nSPS) is 11.2. The molecule has 0 bridgehead atoms. The van der Waals surface area contributed by atoms with E-state index in [1.807, 2.05) is 0 Å². The highest BCUT2D eigenvalue weighted by Gasteiger charge is 2.26. The predicted octanol–water partition coefficient (Wildman–Crippen LogP) is 14.0. The van der Waals surface area contributed by atoms with Crippen LogP contribution in [0, 0.1) is 0 Å². The maximum atomic E-state index is 2.38. The minimum Gasteiger partial charge on any atom is -0.0622 e. The van der Waals surface area contributed by atoms with Crippen molar-refractivity contribution in [3.63, 3.8) is 0 Å². The van der Waals surface area contributed by atoms with E-state index in [9.17, 15) is 0 Å². The third-order valence-corrected chi connectivity index (χ3v) is 9.87. The quantitative estimate of drug-likeness (QED) is 0.160. The van der Waals surface area contributed by atoms with Crippen LogP contribution in [0.3, 0.4) is 0 Å². The van der Waals surface area contributed by atoms with E-state index in [0.29, 0.717) is 0 Å². The molecule has 9 aromatic carbocycles. The average molecular weight is 635 g/mol. The van der Waals surface area contributed by atoms with E-state index in [2.05, 4.69) is 206 Å². The van der Waals surface area contributed by atoms with Crippen molar-refractivity contribution in [1.29, 1.82) is 0 Å². The van der Waals surface area contributed by atoms with Gasteiger partial charge >= 0.3 is 0 Å². The molecule has 0 amide bonds. The minimum atomic E-state index is 1.20. The van der Waals surface area contributed by atoms with E-state index < -0.39 is 0 Å². The van der Waals surface area contributed by atoms with Crippen LogP contribution in [0.25, 0.3) is 88.3 Å². The van der Waals surface area contributed by atoms with Crippen molar-refractivity contribution in [3.05, 3.63) is 206 Å². The van der Waals surface area contributed by atoms with E-state index in [1.54, 1.807) is 0 Å². The van der Waals surface area contributed by atoms with Crippen molar-refractivity contribution in [3.8, 4) is 66.8 Å². The molecule has 0 spiro atoms. The van der Waals surface area contributed by atoms with Crippen molar-refractivity contribution < 1.29 is 0 Å². The van der Waals surface area contributed by atoms with E-state index in [1.165, 1.54) is 88.3 Å². The summed E-state index contributed by atoms with van der Waals surface area (Å²) in [6, 6.07) is 75.0. The molecule has 0 aliphatic heterocycles. The molecular formula is C50H34. The van der Waals surface area contributed by atoms with Gasteiger partial charge in [-0.05, 0) is 88.3 Å². The second-order valence-electron chi connectivity index (χ2n) is 12.8. The second kappa shape index (κ2) is 12.8. The lowest BCUT2D eigenvalue weighted by atomic mass is 9.77. The molecular weight excluding hydrogens is 601 g/mol. The first-order chi connectivity index (χ1) is 24.9. The van der Waals surface area contributed by atoms with Crippen LogP contribution in [-0.4, -0.2) is 0 Å². The Balaban J connectivity index is 1.62. The molecule has 234 valence electrons. The van der Waals surface area contributed by atoms with Crippen LogP contribution < -0.4 is 0 Å². The second-order valence-corrected chi connectivity index (χ2v) is 12.8. The van der Waals surface area contributed by atoms with Crippen LogP contribution in [0.4, 0.5) is 0 Å². The summed E-state index contributed by atoms with van der Waals surface area (Å²) in [4.78, 5) is 0. The fourth-order valence-electron chi connectivity index (χ4n) is 7.73. The van der Waals surface area contributed by atoms with Gasteiger partial charge in [-0.15, -0.1) is 0 Å². The summed E-state index contributed by atoms with van der Waals surface area (Å²) in [7, 11) is 0. The molecule has 0 saturated heterocycles. The third kappa shape index (κ3) is 5.10. The average Bonchev–Trinajstić information content (AvgIpc) is 3.21. The van der Waals surface area contributed by atoms with Crippen LogP contribution in [0.2, 0.25) is 0 Å². The van der Waals surface area contributed by atoms with Gasteiger partial charge in [0, 0.05) is 0 Å². The van der Waals surface area contributed by atoms with E-state index in [4.69, 9.17) is 0 Å². The summed E-state index contributed by atoms with van der Waals surface area (Å²) in [5.41, 5.74) is 14.6. The Morgan fingerprint density at radius 3 is 0.900 bits per heavy atom. The summed E-state index contributed by atoms with van der Waals surface area (Å²) in [5, 5.41) is 5.03. The predicted molar refractivity (Wildman–Crippen MR) is 214 cm³/mol. The summed E-state index contributed by atoms with van der Waals surface area (Å²) in [5.74, 6) is 0. The molecule has 9 aromatic rings. The first-order valence-electron chi connectivity index (χ1n) is 17.3. The van der Waals surface area contributed by atoms with Crippen molar-refractivity contribution >= 4 is 21.5 Å². The zero-order valence-corrected chi connectivity index (χ0v) is 27.6. The summed E-state index contributed by atoms with van der Waals surface area (Å²) in [6.45, 7) is 0. The molecule has 50 heavy (non-hydrogen) atoms. The lowest BCUT2D eigenvalue weighted by molar-refractivity contribution is 1.59. The maximum Gasteiger partial charge on any atom is -0.000763 e. The summed E-state index contributed by atoms with van der Waals surface area (Å²) < 4.78 is 0. The van der Waals surface area contributed by atoms with Crippen LogP contribution >= 0.6 is 0 Å². The molecule has 0 N–H and O–H groups in total. The Morgan fingerprint density at radius 1 is 0.180 bits per heavy atom. The molecule has 0 aromatic heterocycles. The van der Waals surface area contributed by atoms with E-state index >= 15 is 0 Å². The van der Waals surface area contributed by atoms with Gasteiger partial charge in [-0.2, -0.15) is 0 Å². The smallest absolute Gasteiger partial charge is 0.000763 e. The highest BCUT2D eigenvalue weighted by Crippen LogP contribution is 2.53. The van der Waals surface area contributed by atoms with Gasteiger partial charge in [-0.25, -0.2) is 0 Å². The molecule has 0 unspecified atom stereocenters. The van der Waals surface area contributed by atoms with Gasteiger partial charge in [-0.1, -0.05) is 206 Å². The molecule has 0 atom stereocenters. The van der Waals surface area contributed by atoms with Crippen molar-refractivity contribution in [2.24, 2.45) is 0 Å². The lowest BCUT2D eigenvalue weighted by Gasteiger charge is -2.25. The molecule has 0 heterocycles. The molecule has 0 heteroatoms. The number of hydrogen-bond donors (Lipinski definition) is 0. The van der Waals surface area contributed by atoms with Crippen LogP contribution in [0.1, 0.15) is 0 Å². The van der Waals surface area contributed by atoms with Gasteiger partial charge in [0.15, 0.2) is 0 Å². The van der Waals surface area contributed by atoms with Gasteiger partial charge in [0.2, 0.25) is 0 Å². The van der Waals surface area contributed by atoms with Gasteiger partial charge in [-0.3, -0.25) is 0 Å². The monoisotopic (exact) mass is 634 g/mol. The highest BCUT2D eigenvalue weighted by molar-refractivity contribution is 6.31. The Labute approximate surface area is 293 Å². The molecule has 9 rings (SSSR count). The highest BCUT2D eigenvalue weighted by atomic mass is 14.3. The fourth-order valence-corrected chi connectivity index (χ4v) is 7.73. The number of hydrogen-bond acceptors (Lipinski definition) is 0.